The summed E-state index contributed by atoms with van der Waals surface area (Å²) in [6, 6.07) is 36.2. The van der Waals surface area contributed by atoms with Crippen molar-refractivity contribution in [3.8, 4) is 0 Å². The van der Waals surface area contributed by atoms with Crippen LogP contribution in [0.4, 0.5) is 99.2 Å². The van der Waals surface area contributed by atoms with E-state index in [0.717, 1.165) is 48.5 Å². The molecule has 0 atom stereocenters. The van der Waals surface area contributed by atoms with Crippen LogP contribution in [-0.2, 0) is 0 Å². The standard InChI is InChI=1S/C62H33B2F20N3P2/c65-43-39(44(66)52(74)59(81)51(43)73)63(40-45(67)53(75)60(82)54(76)46(40)68)85-31-38-88(34-23-11-3-12-24-34,35-25-13-4-14-26-35)86(32-19-7-1-8-20-32)64(41-47(69)55(77)61(83)56(78)48(41)70,42-49(71)57(79)62(84)58(80)50(42)72)87(33-21-9-2-10-22-33)89(38,36-27-15-5-16-28-36)37-29-17-6-18-30-37/h1-31,63,85H. The van der Waals surface area contributed by atoms with Crippen LogP contribution < -0.4 is 48.3 Å². The van der Waals surface area contributed by atoms with E-state index < -0.39 is 182 Å². The third kappa shape index (κ3) is 8.99. The summed E-state index contributed by atoms with van der Waals surface area (Å²) in [5, 5.41) is 0.301. The number of nitrogens with one attached hydrogen (secondary N) is 1. The van der Waals surface area contributed by atoms with Gasteiger partial charge in [0.05, 0.1) is 0 Å². The van der Waals surface area contributed by atoms with E-state index in [1.807, 2.05) is 0 Å². The number of hydrogen-bond donors (Lipinski definition) is 1. The van der Waals surface area contributed by atoms with Crippen molar-refractivity contribution in [3.05, 3.63) is 310 Å². The largest absolute Gasteiger partial charge is 0.607 e. The van der Waals surface area contributed by atoms with Crippen molar-refractivity contribution in [2.45, 2.75) is 0 Å². The van der Waals surface area contributed by atoms with Crippen LogP contribution in [0.2, 0.25) is 0 Å². The lowest BCUT2D eigenvalue weighted by Gasteiger charge is -2.51. The van der Waals surface area contributed by atoms with Gasteiger partial charge in [0.2, 0.25) is 0 Å². The first-order valence-electron chi connectivity index (χ1n) is 26.2. The molecule has 10 aromatic carbocycles. The maximum absolute atomic E-state index is 18.6. The van der Waals surface area contributed by atoms with E-state index in [0.29, 0.717) is 14.7 Å². The van der Waals surface area contributed by atoms with Crippen molar-refractivity contribution in [2.24, 2.45) is 0 Å². The zero-order valence-electron chi connectivity index (χ0n) is 44.5. The number of benzene rings is 10. The Bertz CT molecular complexity index is 4180. The Morgan fingerprint density at radius 2 is 0.472 bits per heavy atom. The molecule has 0 fully saturated rings. The Hall–Kier alpha value is -9.07. The van der Waals surface area contributed by atoms with E-state index in [9.17, 15) is 0 Å². The third-order valence-corrected chi connectivity index (χ3v) is 25.5. The molecule has 11 rings (SSSR count). The van der Waals surface area contributed by atoms with Crippen LogP contribution in [0.25, 0.3) is 0 Å². The molecule has 0 bridgehead atoms. The van der Waals surface area contributed by atoms with Crippen molar-refractivity contribution in [2.75, 3.05) is 0 Å². The van der Waals surface area contributed by atoms with Crippen LogP contribution in [0, 0.1) is 116 Å². The second kappa shape index (κ2) is 23.5. The third-order valence-electron chi connectivity index (χ3n) is 15.6. The molecule has 1 N–H and O–H groups in total. The van der Waals surface area contributed by atoms with E-state index in [1.165, 1.54) is 133 Å². The summed E-state index contributed by atoms with van der Waals surface area (Å²) in [4.78, 5) is 0. The number of halogens is 20. The minimum Gasteiger partial charge on any atom is -0.558 e. The van der Waals surface area contributed by atoms with Gasteiger partial charge in [-0.25, -0.2) is 87.8 Å². The fraction of sp³-hybridized carbons (Fsp3) is 0. The maximum Gasteiger partial charge on any atom is 0.607 e. The van der Waals surface area contributed by atoms with E-state index >= 15 is 87.8 Å². The van der Waals surface area contributed by atoms with Gasteiger partial charge in [0.25, 0.3) is 0 Å². The monoisotopic (exact) mass is 1280 g/mol. The normalized spacial score (nSPS) is 14.4. The molecule has 0 unspecified atom stereocenters. The lowest BCUT2D eigenvalue weighted by atomic mass is 9.36. The molecule has 0 saturated carbocycles. The molecule has 0 aromatic heterocycles. The fourth-order valence-corrected chi connectivity index (χ4v) is 24.6. The van der Waals surface area contributed by atoms with Gasteiger partial charge in [-0.2, -0.15) is 0 Å². The number of rotatable bonds is 12. The van der Waals surface area contributed by atoms with Gasteiger partial charge in [-0.15, -0.1) is 10.9 Å². The lowest BCUT2D eigenvalue weighted by Crippen LogP contribution is -2.77. The SMILES string of the molecule is Fc1c(F)c(F)c([BH-](NC=C2P(c3ccccc3)(c3ccccc3)=[N+](c3ccccc3)[B-](c3c(F)c(F)c(F)c(F)c3F)(c3c(F)c(F)c(F)c(F)c3F)[N+](c3ccccc3)=P2(c2ccccc2)c2ccccc2)c2c(F)c(F)c(F)c(F)c2F)c(F)c1F. The average molecular weight is 1280 g/mol. The molecule has 89 heavy (non-hydrogen) atoms. The quantitative estimate of drug-likeness (QED) is 0.0424. The first-order chi connectivity index (χ1) is 42.6. The molecule has 1 aliphatic rings. The highest BCUT2D eigenvalue weighted by Gasteiger charge is 2.73. The van der Waals surface area contributed by atoms with Crippen molar-refractivity contribution in [1.29, 1.82) is 0 Å². The Labute approximate surface area is 491 Å². The number of para-hydroxylation sites is 2. The molecule has 1 aliphatic heterocycles. The molecule has 0 saturated heterocycles. The van der Waals surface area contributed by atoms with Crippen molar-refractivity contribution < 1.29 is 96.3 Å². The van der Waals surface area contributed by atoms with Gasteiger partial charge in [-0.3, -0.25) is 0 Å². The Balaban J connectivity index is 1.63. The summed E-state index contributed by atoms with van der Waals surface area (Å²) in [6.07, 6.45) is -5.22. The molecule has 27 heteroatoms. The Morgan fingerprint density at radius 1 is 0.270 bits per heavy atom. The van der Waals surface area contributed by atoms with Gasteiger partial charge < -0.3 is 13.7 Å². The van der Waals surface area contributed by atoms with Gasteiger partial charge in [0, 0.05) is 56.4 Å². The highest BCUT2D eigenvalue weighted by atomic mass is 31.2. The van der Waals surface area contributed by atoms with Crippen LogP contribution in [-0.4, -0.2) is 21.7 Å². The summed E-state index contributed by atoms with van der Waals surface area (Å²) in [6.45, 7) is -4.95. The van der Waals surface area contributed by atoms with Crippen molar-refractivity contribution >= 4 is 81.8 Å². The molecular formula is C62H33B2F20N3P2. The van der Waals surface area contributed by atoms with E-state index in [1.54, 1.807) is 0 Å². The van der Waals surface area contributed by atoms with Crippen LogP contribution in [0.5, 0.6) is 0 Å². The Morgan fingerprint density at radius 3 is 0.708 bits per heavy atom. The first-order valence-corrected chi connectivity index (χ1v) is 29.6. The van der Waals surface area contributed by atoms with E-state index in [-0.39, 0.29) is 21.2 Å². The smallest absolute Gasteiger partial charge is 0.558 e. The summed E-state index contributed by atoms with van der Waals surface area (Å²) < 4.78 is 337. The fourth-order valence-electron chi connectivity index (χ4n) is 12.1. The van der Waals surface area contributed by atoms with Gasteiger partial charge in [-0.1, -0.05) is 109 Å². The highest BCUT2D eigenvalue weighted by molar-refractivity contribution is 8.01. The predicted octanol–water partition coefficient (Wildman–Crippen LogP) is 13.4. The molecule has 3 nitrogen and oxygen atoms in total. The van der Waals surface area contributed by atoms with Crippen LogP contribution >= 0.6 is 14.1 Å². The molecule has 0 amide bonds. The molecule has 0 radical (unpaired) electrons. The molecule has 0 spiro atoms. The molecular weight excluding hydrogens is 1250 g/mol. The van der Waals surface area contributed by atoms with Crippen molar-refractivity contribution in [3.63, 3.8) is 0 Å². The van der Waals surface area contributed by atoms with Gasteiger partial charge in [0.1, 0.15) is 58.4 Å². The van der Waals surface area contributed by atoms with Gasteiger partial charge in [-0.05, 0) is 54.7 Å². The molecule has 0 aliphatic carbocycles. The topological polar surface area (TPSA) is 18.0 Å². The number of hydrogen-bond acceptors (Lipinski definition) is 1. The van der Waals surface area contributed by atoms with Gasteiger partial charge >= 0.3 is 6.42 Å². The molecule has 10 aromatic rings. The molecule has 1 heterocycles. The summed E-state index contributed by atoms with van der Waals surface area (Å²) in [5.74, 6) is -57.6. The highest BCUT2D eigenvalue weighted by Crippen LogP contribution is 2.77. The second-order valence-corrected chi connectivity index (χ2v) is 26.8. The second-order valence-electron chi connectivity index (χ2n) is 20.1. The number of nitrogens with zero attached hydrogens (tertiary/aromatic N) is 2. The van der Waals surface area contributed by atoms with E-state index in [2.05, 4.69) is 5.23 Å². The van der Waals surface area contributed by atoms with Crippen LogP contribution in [0.1, 0.15) is 0 Å². The predicted molar refractivity (Wildman–Crippen MR) is 298 cm³/mol. The summed E-state index contributed by atoms with van der Waals surface area (Å²) >= 11 is 0. The zero-order valence-corrected chi connectivity index (χ0v) is 46.3. The minimum absolute atomic E-state index is 0.343. The van der Waals surface area contributed by atoms with Crippen LogP contribution in [0.15, 0.2) is 193 Å². The first kappa shape index (κ1) is 61.6. The Kier molecular flexibility index (Phi) is 16.2. The molecule has 452 valence electrons. The van der Waals surface area contributed by atoms with Crippen LogP contribution in [0.3, 0.4) is 0 Å². The van der Waals surface area contributed by atoms with E-state index in [4.69, 9.17) is 0 Å². The average Bonchev–Trinajstić information content (AvgIpc) is 0.644. The maximum atomic E-state index is 18.6. The summed E-state index contributed by atoms with van der Waals surface area (Å²) in [7, 11) is -11.1. The summed E-state index contributed by atoms with van der Waals surface area (Å²) in [5.41, 5.74) is -10.5. The van der Waals surface area contributed by atoms with Gasteiger partial charge in [0.15, 0.2) is 95.3 Å². The minimum atomic E-state index is -5.79. The lowest BCUT2D eigenvalue weighted by molar-refractivity contribution is -0.414. The van der Waals surface area contributed by atoms with Crippen molar-refractivity contribution in [1.82, 2.24) is 5.23 Å². The zero-order chi connectivity index (χ0) is 63.8.